The summed E-state index contributed by atoms with van der Waals surface area (Å²) in [5.74, 6) is 1.05. The van der Waals surface area contributed by atoms with Gasteiger partial charge in [-0.2, -0.15) is 5.10 Å². The number of methoxy groups -OCH3 is 2. The van der Waals surface area contributed by atoms with Gasteiger partial charge in [-0.05, 0) is 31.6 Å². The van der Waals surface area contributed by atoms with Crippen molar-refractivity contribution >= 4 is 5.78 Å². The lowest BCUT2D eigenvalue weighted by Gasteiger charge is -2.37. The molecule has 0 aromatic carbocycles. The summed E-state index contributed by atoms with van der Waals surface area (Å²) in [5.41, 5.74) is -0.175. The lowest BCUT2D eigenvalue weighted by Crippen LogP contribution is -2.45. The molecule has 1 aliphatic rings. The van der Waals surface area contributed by atoms with E-state index < -0.39 is 5.60 Å². The van der Waals surface area contributed by atoms with Crippen molar-refractivity contribution in [3.8, 4) is 5.75 Å². The molecule has 1 aliphatic carbocycles. The van der Waals surface area contributed by atoms with Gasteiger partial charge in [0.05, 0.1) is 13.3 Å². The highest BCUT2D eigenvalue weighted by molar-refractivity contribution is 6.03. The van der Waals surface area contributed by atoms with Crippen LogP contribution in [0.4, 0.5) is 0 Å². The monoisotopic (exact) mass is 294 g/mol. The number of rotatable bonds is 6. The molecule has 1 fully saturated rings. The van der Waals surface area contributed by atoms with Crippen LogP contribution in [0.2, 0.25) is 0 Å². The first-order valence-corrected chi connectivity index (χ1v) is 7.77. The van der Waals surface area contributed by atoms with Crippen LogP contribution in [0, 0.1) is 5.92 Å². The molecule has 5 nitrogen and oxygen atoms in total. The molecule has 1 heterocycles. The highest BCUT2D eigenvalue weighted by Gasteiger charge is 2.44. The summed E-state index contributed by atoms with van der Waals surface area (Å²) in [5, 5.41) is 4.29. The second kappa shape index (κ2) is 6.60. The maximum absolute atomic E-state index is 13.2. The molecule has 0 radical (unpaired) electrons. The summed E-state index contributed by atoms with van der Waals surface area (Å²) in [4.78, 5) is 13.2. The zero-order valence-electron chi connectivity index (χ0n) is 13.5. The summed E-state index contributed by atoms with van der Waals surface area (Å²) >= 11 is 0. The van der Waals surface area contributed by atoms with Gasteiger partial charge in [-0.3, -0.25) is 9.48 Å². The number of Topliss-reactive ketones (excluding diaryl/α,β-unsaturated/α-hetero) is 1. The van der Waals surface area contributed by atoms with Crippen molar-refractivity contribution < 1.29 is 14.3 Å². The van der Waals surface area contributed by atoms with Gasteiger partial charge in [0.1, 0.15) is 11.3 Å². The van der Waals surface area contributed by atoms with E-state index in [9.17, 15) is 4.79 Å². The van der Waals surface area contributed by atoms with E-state index in [1.54, 1.807) is 25.1 Å². The second-order valence-electron chi connectivity index (χ2n) is 6.01. The van der Waals surface area contributed by atoms with Crippen molar-refractivity contribution in [1.29, 1.82) is 0 Å². The summed E-state index contributed by atoms with van der Waals surface area (Å²) < 4.78 is 12.8. The number of hydrogen-bond donors (Lipinski definition) is 0. The number of ether oxygens (including phenoxy) is 2. The first kappa shape index (κ1) is 16.0. The van der Waals surface area contributed by atoms with Crippen molar-refractivity contribution in [3.63, 3.8) is 0 Å². The van der Waals surface area contributed by atoms with Gasteiger partial charge in [0.2, 0.25) is 5.78 Å². The SMILES string of the molecule is CCCn1ncc(OC)c1C(=O)C1(OC)CCCC(C)C1. The predicted octanol–water partition coefficient (Wildman–Crippen LogP) is 3.08. The number of carbonyl (C=O) groups is 1. The van der Waals surface area contributed by atoms with Crippen molar-refractivity contribution in [2.45, 2.75) is 58.1 Å². The van der Waals surface area contributed by atoms with Crippen molar-refractivity contribution in [1.82, 2.24) is 9.78 Å². The van der Waals surface area contributed by atoms with Crippen LogP contribution in [-0.4, -0.2) is 35.4 Å². The Morgan fingerprint density at radius 1 is 1.52 bits per heavy atom. The predicted molar refractivity (Wildman–Crippen MR) is 80.8 cm³/mol. The molecule has 0 bridgehead atoms. The second-order valence-corrected chi connectivity index (χ2v) is 6.01. The molecular formula is C16H26N2O3. The summed E-state index contributed by atoms with van der Waals surface area (Å²) in [6.07, 6.45) is 6.25. The number of hydrogen-bond acceptors (Lipinski definition) is 4. The van der Waals surface area contributed by atoms with Gasteiger partial charge >= 0.3 is 0 Å². The quantitative estimate of drug-likeness (QED) is 0.757. The largest absolute Gasteiger partial charge is 0.493 e. The van der Waals surface area contributed by atoms with Gasteiger partial charge in [-0.15, -0.1) is 0 Å². The standard InChI is InChI=1S/C16H26N2O3/c1-5-9-18-14(13(20-3)11-17-18)15(19)16(21-4)8-6-7-12(2)10-16/h11-12H,5-10H2,1-4H3. The smallest absolute Gasteiger partial charge is 0.216 e. The molecule has 21 heavy (non-hydrogen) atoms. The first-order chi connectivity index (χ1) is 10.1. The maximum Gasteiger partial charge on any atom is 0.216 e. The van der Waals surface area contributed by atoms with E-state index in [2.05, 4.69) is 18.9 Å². The minimum absolute atomic E-state index is 0.0133. The van der Waals surface area contributed by atoms with Gasteiger partial charge in [-0.1, -0.05) is 20.3 Å². The van der Waals surface area contributed by atoms with Crippen LogP contribution >= 0.6 is 0 Å². The van der Waals surface area contributed by atoms with Crippen LogP contribution in [0.5, 0.6) is 5.75 Å². The number of aryl methyl sites for hydroxylation is 1. The molecule has 1 saturated carbocycles. The normalized spacial score (nSPS) is 25.8. The van der Waals surface area contributed by atoms with Crippen molar-refractivity contribution in [2.24, 2.45) is 5.92 Å². The molecule has 2 unspecified atom stereocenters. The molecule has 5 heteroatoms. The highest BCUT2D eigenvalue weighted by atomic mass is 16.5. The van der Waals surface area contributed by atoms with Gasteiger partial charge in [0, 0.05) is 13.7 Å². The maximum atomic E-state index is 13.2. The van der Waals surface area contributed by atoms with Crippen LogP contribution < -0.4 is 4.74 Å². The third-order valence-corrected chi connectivity index (χ3v) is 4.44. The molecule has 1 aromatic rings. The average Bonchev–Trinajstić information content (AvgIpc) is 2.89. The van der Waals surface area contributed by atoms with E-state index in [1.807, 2.05) is 0 Å². The third-order valence-electron chi connectivity index (χ3n) is 4.44. The van der Waals surface area contributed by atoms with E-state index >= 15 is 0 Å². The van der Waals surface area contributed by atoms with Gasteiger partial charge < -0.3 is 9.47 Å². The number of aromatic nitrogens is 2. The molecule has 0 N–H and O–H groups in total. The highest BCUT2D eigenvalue weighted by Crippen LogP contribution is 2.38. The fraction of sp³-hybridized carbons (Fsp3) is 0.750. The van der Waals surface area contributed by atoms with E-state index in [4.69, 9.17) is 9.47 Å². The van der Waals surface area contributed by atoms with Crippen LogP contribution in [0.15, 0.2) is 6.20 Å². The summed E-state index contributed by atoms with van der Waals surface area (Å²) in [7, 11) is 3.22. The first-order valence-electron chi connectivity index (χ1n) is 7.77. The van der Waals surface area contributed by atoms with E-state index in [0.717, 1.165) is 32.1 Å². The fourth-order valence-electron chi connectivity index (χ4n) is 3.33. The van der Waals surface area contributed by atoms with Crippen LogP contribution in [0.1, 0.15) is 56.4 Å². The molecule has 0 amide bonds. The minimum Gasteiger partial charge on any atom is -0.493 e. The van der Waals surface area contributed by atoms with Gasteiger partial charge in [0.15, 0.2) is 5.75 Å². The Labute approximate surface area is 126 Å². The Kier molecular flexibility index (Phi) is 5.04. The Bertz CT molecular complexity index is 498. The molecule has 2 rings (SSSR count). The van der Waals surface area contributed by atoms with Crippen molar-refractivity contribution in [3.05, 3.63) is 11.9 Å². The number of carbonyl (C=O) groups excluding carboxylic acids is 1. The molecule has 0 aliphatic heterocycles. The zero-order chi connectivity index (χ0) is 15.5. The van der Waals surface area contributed by atoms with Crippen LogP contribution in [-0.2, 0) is 11.3 Å². The number of ketones is 1. The molecule has 0 saturated heterocycles. The molecular weight excluding hydrogens is 268 g/mol. The third kappa shape index (κ3) is 2.98. The van der Waals surface area contributed by atoms with Crippen LogP contribution in [0.3, 0.4) is 0 Å². The van der Waals surface area contributed by atoms with Crippen LogP contribution in [0.25, 0.3) is 0 Å². The Morgan fingerprint density at radius 2 is 2.29 bits per heavy atom. The lowest BCUT2D eigenvalue weighted by molar-refractivity contribution is -0.0311. The zero-order valence-corrected chi connectivity index (χ0v) is 13.5. The van der Waals surface area contributed by atoms with Gasteiger partial charge in [-0.25, -0.2) is 0 Å². The minimum atomic E-state index is -0.726. The Morgan fingerprint density at radius 3 is 2.86 bits per heavy atom. The lowest BCUT2D eigenvalue weighted by atomic mass is 9.75. The molecule has 118 valence electrons. The molecule has 2 atom stereocenters. The van der Waals surface area contributed by atoms with E-state index in [0.29, 0.717) is 23.9 Å². The summed E-state index contributed by atoms with van der Waals surface area (Å²) in [6, 6.07) is 0. The topological polar surface area (TPSA) is 53.4 Å². The fourth-order valence-corrected chi connectivity index (χ4v) is 3.33. The molecule has 0 spiro atoms. The number of nitrogens with zero attached hydrogens (tertiary/aromatic N) is 2. The Balaban J connectivity index is 2.39. The van der Waals surface area contributed by atoms with Crippen molar-refractivity contribution in [2.75, 3.05) is 14.2 Å². The Hall–Kier alpha value is -1.36. The summed E-state index contributed by atoms with van der Waals surface area (Å²) in [6.45, 7) is 4.96. The molecule has 1 aromatic heterocycles. The average molecular weight is 294 g/mol. The van der Waals surface area contributed by atoms with E-state index in [1.165, 1.54) is 0 Å². The van der Waals surface area contributed by atoms with Gasteiger partial charge in [0.25, 0.3) is 0 Å². The van der Waals surface area contributed by atoms with E-state index in [-0.39, 0.29) is 5.78 Å².